The summed E-state index contributed by atoms with van der Waals surface area (Å²) in [6.07, 6.45) is 2.40. The largest absolute Gasteiger partial charge is 0.372 e. The molecule has 0 aliphatic carbocycles. The van der Waals surface area contributed by atoms with Crippen LogP contribution in [0.3, 0.4) is 0 Å². The van der Waals surface area contributed by atoms with Gasteiger partial charge in [0.05, 0.1) is 6.10 Å². The Kier molecular flexibility index (Phi) is 4.79. The van der Waals surface area contributed by atoms with Crippen molar-refractivity contribution in [3.05, 3.63) is 35.9 Å². The second kappa shape index (κ2) is 6.35. The van der Waals surface area contributed by atoms with Gasteiger partial charge in [-0.3, -0.25) is 0 Å². The number of rotatable bonds is 3. The van der Waals surface area contributed by atoms with Crippen molar-refractivity contribution in [1.29, 1.82) is 0 Å². The third-order valence-electron chi connectivity index (χ3n) is 3.89. The first-order valence-electron chi connectivity index (χ1n) is 7.15. The summed E-state index contributed by atoms with van der Waals surface area (Å²) in [6.45, 7) is 7.66. The molecule has 2 heteroatoms. The second-order valence-electron chi connectivity index (χ2n) is 5.52. The van der Waals surface area contributed by atoms with Gasteiger partial charge in [0.2, 0.25) is 0 Å². The fourth-order valence-corrected chi connectivity index (χ4v) is 2.71. The molecule has 2 nitrogen and oxygen atoms in total. The Labute approximate surface area is 111 Å². The summed E-state index contributed by atoms with van der Waals surface area (Å²) in [5, 5.41) is 3.79. The van der Waals surface area contributed by atoms with E-state index in [1.54, 1.807) is 0 Å². The van der Waals surface area contributed by atoms with Gasteiger partial charge >= 0.3 is 0 Å². The Morgan fingerprint density at radius 2 is 2.00 bits per heavy atom. The molecule has 3 unspecified atom stereocenters. The maximum Gasteiger partial charge on any atom is 0.0977 e. The molecule has 1 heterocycles. The minimum atomic E-state index is 0.194. The lowest BCUT2D eigenvalue weighted by molar-refractivity contribution is 0.0410. The molecule has 0 bridgehead atoms. The maximum atomic E-state index is 6.11. The SMILES string of the molecule is CCC1NC(C(C)C)CCOC1c1ccccc1. The van der Waals surface area contributed by atoms with Crippen LogP contribution in [0.25, 0.3) is 0 Å². The van der Waals surface area contributed by atoms with Crippen molar-refractivity contribution in [2.24, 2.45) is 5.92 Å². The normalized spacial score (nSPS) is 29.2. The zero-order chi connectivity index (χ0) is 13.0. The average molecular weight is 247 g/mol. The predicted octanol–water partition coefficient (Wildman–Crippen LogP) is 3.54. The summed E-state index contributed by atoms with van der Waals surface area (Å²) in [5.74, 6) is 0.664. The number of benzene rings is 1. The van der Waals surface area contributed by atoms with Crippen LogP contribution >= 0.6 is 0 Å². The second-order valence-corrected chi connectivity index (χ2v) is 5.52. The van der Waals surface area contributed by atoms with Crippen molar-refractivity contribution in [2.75, 3.05) is 6.61 Å². The molecule has 1 fully saturated rings. The monoisotopic (exact) mass is 247 g/mol. The molecule has 1 aromatic carbocycles. The van der Waals surface area contributed by atoms with Crippen LogP contribution < -0.4 is 5.32 Å². The average Bonchev–Trinajstić information content (AvgIpc) is 2.62. The molecule has 0 saturated carbocycles. The first-order valence-corrected chi connectivity index (χ1v) is 7.15. The molecule has 0 spiro atoms. The van der Waals surface area contributed by atoms with E-state index in [1.807, 2.05) is 0 Å². The predicted molar refractivity (Wildman–Crippen MR) is 75.6 cm³/mol. The van der Waals surface area contributed by atoms with E-state index in [4.69, 9.17) is 4.74 Å². The summed E-state index contributed by atoms with van der Waals surface area (Å²) in [6, 6.07) is 11.6. The van der Waals surface area contributed by atoms with Crippen molar-refractivity contribution in [3.63, 3.8) is 0 Å². The molecular weight excluding hydrogens is 222 g/mol. The van der Waals surface area contributed by atoms with Crippen LogP contribution in [0.4, 0.5) is 0 Å². The van der Waals surface area contributed by atoms with Crippen LogP contribution in [0.5, 0.6) is 0 Å². The number of nitrogens with one attached hydrogen (secondary N) is 1. The van der Waals surface area contributed by atoms with Crippen LogP contribution in [0, 0.1) is 5.92 Å². The van der Waals surface area contributed by atoms with Crippen molar-refractivity contribution in [3.8, 4) is 0 Å². The van der Waals surface area contributed by atoms with Gasteiger partial charge in [-0.15, -0.1) is 0 Å². The molecule has 1 N–H and O–H groups in total. The third kappa shape index (κ3) is 3.12. The van der Waals surface area contributed by atoms with Crippen LogP contribution in [0.15, 0.2) is 30.3 Å². The quantitative estimate of drug-likeness (QED) is 0.882. The minimum Gasteiger partial charge on any atom is -0.372 e. The minimum absolute atomic E-state index is 0.194. The Hall–Kier alpha value is -0.860. The fourth-order valence-electron chi connectivity index (χ4n) is 2.71. The summed E-state index contributed by atoms with van der Waals surface area (Å²) in [5.41, 5.74) is 1.29. The molecule has 0 amide bonds. The Morgan fingerprint density at radius 1 is 1.28 bits per heavy atom. The van der Waals surface area contributed by atoms with Gasteiger partial charge in [0, 0.05) is 18.7 Å². The van der Waals surface area contributed by atoms with E-state index in [-0.39, 0.29) is 6.10 Å². The van der Waals surface area contributed by atoms with Crippen molar-refractivity contribution < 1.29 is 4.74 Å². The number of hydrogen-bond donors (Lipinski definition) is 1. The van der Waals surface area contributed by atoms with Crippen LogP contribution in [0.1, 0.15) is 45.3 Å². The Bertz CT molecular complexity index is 349. The van der Waals surface area contributed by atoms with Gasteiger partial charge in [-0.25, -0.2) is 0 Å². The lowest BCUT2D eigenvalue weighted by Gasteiger charge is -2.28. The summed E-state index contributed by atoms with van der Waals surface area (Å²) < 4.78 is 6.11. The van der Waals surface area contributed by atoms with Gasteiger partial charge in [-0.05, 0) is 24.3 Å². The zero-order valence-corrected chi connectivity index (χ0v) is 11.7. The zero-order valence-electron chi connectivity index (χ0n) is 11.7. The molecular formula is C16H25NO. The van der Waals surface area contributed by atoms with E-state index in [0.29, 0.717) is 18.0 Å². The van der Waals surface area contributed by atoms with Gasteiger partial charge in [-0.2, -0.15) is 0 Å². The van der Waals surface area contributed by atoms with E-state index >= 15 is 0 Å². The van der Waals surface area contributed by atoms with E-state index in [9.17, 15) is 0 Å². The van der Waals surface area contributed by atoms with Crippen LogP contribution in [0.2, 0.25) is 0 Å². The Morgan fingerprint density at radius 3 is 2.61 bits per heavy atom. The molecule has 3 atom stereocenters. The van der Waals surface area contributed by atoms with Crippen LogP contribution in [-0.2, 0) is 4.74 Å². The first-order chi connectivity index (χ1) is 8.72. The van der Waals surface area contributed by atoms with Gasteiger partial charge in [0.15, 0.2) is 0 Å². The molecule has 0 aromatic heterocycles. The molecule has 100 valence electrons. The summed E-state index contributed by atoms with van der Waals surface area (Å²) >= 11 is 0. The van der Waals surface area contributed by atoms with Crippen LogP contribution in [-0.4, -0.2) is 18.7 Å². The summed E-state index contributed by atoms with van der Waals surface area (Å²) in [4.78, 5) is 0. The molecule has 1 aliphatic rings. The molecule has 18 heavy (non-hydrogen) atoms. The highest BCUT2D eigenvalue weighted by atomic mass is 16.5. The van der Waals surface area contributed by atoms with Gasteiger partial charge < -0.3 is 10.1 Å². The highest BCUT2D eigenvalue weighted by Gasteiger charge is 2.29. The fraction of sp³-hybridized carbons (Fsp3) is 0.625. The molecule has 1 aliphatic heterocycles. The standard InChI is InChI=1S/C16H25NO/c1-4-14-16(13-8-6-5-7-9-13)18-11-10-15(17-14)12(2)3/h5-9,12,14-17H,4,10-11H2,1-3H3. The Balaban J connectivity index is 2.15. The number of ether oxygens (including phenoxy) is 1. The van der Waals surface area contributed by atoms with Gasteiger partial charge in [0.1, 0.15) is 0 Å². The van der Waals surface area contributed by atoms with Crippen molar-refractivity contribution in [2.45, 2.75) is 51.8 Å². The van der Waals surface area contributed by atoms with Gasteiger partial charge in [-0.1, -0.05) is 51.1 Å². The van der Waals surface area contributed by atoms with Crippen molar-refractivity contribution >= 4 is 0 Å². The third-order valence-corrected chi connectivity index (χ3v) is 3.89. The number of hydrogen-bond acceptors (Lipinski definition) is 2. The van der Waals surface area contributed by atoms with E-state index in [2.05, 4.69) is 56.4 Å². The lowest BCUT2D eigenvalue weighted by atomic mass is 9.97. The molecule has 2 rings (SSSR count). The smallest absolute Gasteiger partial charge is 0.0977 e. The van der Waals surface area contributed by atoms with Gasteiger partial charge in [0.25, 0.3) is 0 Å². The van der Waals surface area contributed by atoms with E-state index < -0.39 is 0 Å². The van der Waals surface area contributed by atoms with E-state index in [0.717, 1.165) is 19.4 Å². The molecule has 0 radical (unpaired) electrons. The molecule has 1 aromatic rings. The summed E-state index contributed by atoms with van der Waals surface area (Å²) in [7, 11) is 0. The topological polar surface area (TPSA) is 21.3 Å². The molecule has 1 saturated heterocycles. The first kappa shape index (κ1) is 13.6. The highest BCUT2D eigenvalue weighted by molar-refractivity contribution is 5.19. The van der Waals surface area contributed by atoms with E-state index in [1.165, 1.54) is 5.56 Å². The maximum absolute atomic E-state index is 6.11. The van der Waals surface area contributed by atoms with Crippen molar-refractivity contribution in [1.82, 2.24) is 5.32 Å². The lowest BCUT2D eigenvalue weighted by Crippen LogP contribution is -2.42. The highest BCUT2D eigenvalue weighted by Crippen LogP contribution is 2.27.